The lowest BCUT2D eigenvalue weighted by Crippen LogP contribution is -2.44. The van der Waals surface area contributed by atoms with Crippen LogP contribution < -0.4 is 5.32 Å². The maximum Gasteiger partial charge on any atom is 0.317 e. The number of nitrogens with one attached hydrogen (secondary N) is 1. The van der Waals surface area contributed by atoms with Crippen molar-refractivity contribution in [2.75, 3.05) is 26.6 Å². The van der Waals surface area contributed by atoms with Crippen molar-refractivity contribution in [1.29, 1.82) is 0 Å². The molecule has 0 saturated carbocycles. The Morgan fingerprint density at radius 3 is 2.65 bits per heavy atom. The summed E-state index contributed by atoms with van der Waals surface area (Å²) in [7, 11) is 1.57. The minimum Gasteiger partial charge on any atom is -0.463 e. The molecule has 1 heterocycles. The second-order valence-corrected chi connectivity index (χ2v) is 6.36. The molecule has 1 aromatic carbocycles. The van der Waals surface area contributed by atoms with Crippen molar-refractivity contribution in [3.05, 3.63) is 29.8 Å². The molecule has 5 nitrogen and oxygen atoms in total. The van der Waals surface area contributed by atoms with Gasteiger partial charge in [-0.1, -0.05) is 12.1 Å². The van der Waals surface area contributed by atoms with Crippen LogP contribution in [0.25, 0.3) is 0 Å². The summed E-state index contributed by atoms with van der Waals surface area (Å²) in [6.07, 6.45) is 2.02. The van der Waals surface area contributed by atoms with Crippen molar-refractivity contribution >= 4 is 40.8 Å². The lowest BCUT2D eigenvalue weighted by atomic mass is 9.88. The van der Waals surface area contributed by atoms with Crippen molar-refractivity contribution in [2.24, 2.45) is 10.9 Å². The van der Waals surface area contributed by atoms with E-state index in [1.54, 1.807) is 25.8 Å². The number of benzene rings is 1. The summed E-state index contributed by atoms with van der Waals surface area (Å²) in [5, 5.41) is 3.52. The number of esters is 1. The lowest BCUT2D eigenvalue weighted by Gasteiger charge is -2.31. The maximum atomic E-state index is 12.5. The zero-order valence-corrected chi connectivity index (χ0v) is 15.0. The van der Waals surface area contributed by atoms with E-state index in [9.17, 15) is 4.79 Å². The molecule has 0 aliphatic carbocycles. The van der Waals surface area contributed by atoms with Crippen LogP contribution in [-0.4, -0.2) is 43.4 Å². The van der Waals surface area contributed by atoms with E-state index in [1.165, 1.54) is 0 Å². The second-order valence-electron chi connectivity index (χ2n) is 5.09. The molecule has 7 heteroatoms. The first kappa shape index (κ1) is 17.9. The predicted molar refractivity (Wildman–Crippen MR) is 96.1 cm³/mol. The van der Waals surface area contributed by atoms with E-state index in [4.69, 9.17) is 21.7 Å². The largest absolute Gasteiger partial charge is 0.463 e. The van der Waals surface area contributed by atoms with E-state index in [2.05, 4.69) is 10.3 Å². The molecule has 2 atom stereocenters. The number of carbonyl (C=O) groups excluding carboxylic acids is 1. The molecule has 1 aromatic rings. The number of carbonyl (C=O) groups is 1. The highest BCUT2D eigenvalue weighted by molar-refractivity contribution is 7.98. The molecular formula is C16H20N2O3S2. The van der Waals surface area contributed by atoms with Gasteiger partial charge in [-0.3, -0.25) is 4.79 Å². The van der Waals surface area contributed by atoms with Crippen LogP contribution in [0.2, 0.25) is 0 Å². The third kappa shape index (κ3) is 4.53. The highest BCUT2D eigenvalue weighted by Gasteiger charge is 2.36. The molecule has 0 spiro atoms. The van der Waals surface area contributed by atoms with Crippen molar-refractivity contribution in [3.63, 3.8) is 0 Å². The zero-order valence-electron chi connectivity index (χ0n) is 13.4. The maximum absolute atomic E-state index is 12.5. The van der Waals surface area contributed by atoms with Crippen molar-refractivity contribution in [1.82, 2.24) is 5.32 Å². The average Bonchev–Trinajstić information content (AvgIpc) is 2.54. The van der Waals surface area contributed by atoms with Crippen molar-refractivity contribution < 1.29 is 14.3 Å². The van der Waals surface area contributed by atoms with E-state index < -0.39 is 5.92 Å². The second kappa shape index (κ2) is 8.42. The van der Waals surface area contributed by atoms with Gasteiger partial charge in [0.25, 0.3) is 0 Å². The number of hydrogen-bond donors (Lipinski definition) is 1. The Balaban J connectivity index is 2.24. The van der Waals surface area contributed by atoms with Gasteiger partial charge in [-0.2, -0.15) is 0 Å². The summed E-state index contributed by atoms with van der Waals surface area (Å²) in [6.45, 7) is 2.40. The average molecular weight is 352 g/mol. The predicted octanol–water partition coefficient (Wildman–Crippen LogP) is 2.60. The molecule has 1 aliphatic heterocycles. The summed E-state index contributed by atoms with van der Waals surface area (Å²) >= 11 is 6.85. The van der Waals surface area contributed by atoms with Crippen LogP contribution in [0.4, 0.5) is 0 Å². The first-order chi connectivity index (χ1) is 11.1. The molecule has 2 unspecified atom stereocenters. The van der Waals surface area contributed by atoms with Gasteiger partial charge in [-0.15, -0.1) is 11.8 Å². The summed E-state index contributed by atoms with van der Waals surface area (Å²) < 4.78 is 10.2. The standard InChI is InChI=1S/C16H20N2O3S2/c1-10-13(15(19)21-9-8-20-2)14(18-16(22)17-10)11-4-6-12(23-3)7-5-11/h4-7,13-14H,8-9H2,1-3H3,(H,18,22). The molecule has 0 saturated heterocycles. The molecule has 0 bridgehead atoms. The Morgan fingerprint density at radius 2 is 2.04 bits per heavy atom. The van der Waals surface area contributed by atoms with E-state index in [0.29, 0.717) is 17.4 Å². The van der Waals surface area contributed by atoms with Crippen LogP contribution >= 0.6 is 24.0 Å². The molecule has 2 rings (SSSR count). The number of thiocarbonyl (C=S) groups is 1. The quantitative estimate of drug-likeness (QED) is 0.368. The Hall–Kier alpha value is -1.44. The molecule has 23 heavy (non-hydrogen) atoms. The van der Waals surface area contributed by atoms with E-state index in [0.717, 1.165) is 10.5 Å². The van der Waals surface area contributed by atoms with Crippen LogP contribution in [0.1, 0.15) is 18.5 Å². The number of methoxy groups -OCH3 is 1. The van der Waals surface area contributed by atoms with Gasteiger partial charge in [-0.25, -0.2) is 4.99 Å². The lowest BCUT2D eigenvalue weighted by molar-refractivity contribution is -0.148. The zero-order chi connectivity index (χ0) is 16.8. The minimum atomic E-state index is -0.501. The van der Waals surface area contributed by atoms with Gasteiger partial charge in [0, 0.05) is 17.7 Å². The van der Waals surface area contributed by atoms with Gasteiger partial charge in [0.05, 0.1) is 12.6 Å². The number of nitrogens with zero attached hydrogens (tertiary/aromatic N) is 1. The molecule has 0 fully saturated rings. The first-order valence-corrected chi connectivity index (χ1v) is 8.85. The molecule has 124 valence electrons. The molecule has 1 aliphatic rings. The summed E-state index contributed by atoms with van der Waals surface area (Å²) in [5.41, 5.74) is 1.64. The Kier molecular flexibility index (Phi) is 6.56. The fraction of sp³-hybridized carbons (Fsp3) is 0.438. The first-order valence-electron chi connectivity index (χ1n) is 7.22. The van der Waals surface area contributed by atoms with Crippen LogP contribution in [0, 0.1) is 5.92 Å². The van der Waals surface area contributed by atoms with Crippen LogP contribution in [0.15, 0.2) is 34.2 Å². The normalized spacial score (nSPS) is 20.7. The summed E-state index contributed by atoms with van der Waals surface area (Å²) in [5.74, 6) is -0.823. The third-order valence-corrected chi connectivity index (χ3v) is 4.55. The highest BCUT2D eigenvalue weighted by atomic mass is 32.2. The van der Waals surface area contributed by atoms with Gasteiger partial charge in [-0.05, 0) is 43.1 Å². The summed E-state index contributed by atoms with van der Waals surface area (Å²) in [6, 6.07) is 7.78. The minimum absolute atomic E-state index is 0.224. The van der Waals surface area contributed by atoms with E-state index in [1.807, 2.05) is 30.5 Å². The Morgan fingerprint density at radius 1 is 1.35 bits per heavy atom. The summed E-state index contributed by atoms with van der Waals surface area (Å²) in [4.78, 5) is 17.8. The van der Waals surface area contributed by atoms with Gasteiger partial charge in [0.2, 0.25) is 0 Å². The van der Waals surface area contributed by atoms with Gasteiger partial charge in [0.1, 0.15) is 12.5 Å². The molecule has 1 N–H and O–H groups in total. The Bertz CT molecular complexity index is 602. The van der Waals surface area contributed by atoms with Crippen LogP contribution in [0.5, 0.6) is 0 Å². The third-order valence-electron chi connectivity index (χ3n) is 3.60. The number of aliphatic imine (C=N–C) groups is 1. The van der Waals surface area contributed by atoms with E-state index in [-0.39, 0.29) is 18.6 Å². The number of ether oxygens (including phenoxy) is 2. The Labute approximate surface area is 145 Å². The fourth-order valence-corrected chi connectivity index (χ4v) is 3.11. The molecular weight excluding hydrogens is 332 g/mol. The SMILES string of the molecule is COCCOC(=O)C1C(C)=NC(=S)NC1c1ccc(SC)cc1. The van der Waals surface area contributed by atoms with Gasteiger partial charge >= 0.3 is 5.97 Å². The molecule has 0 radical (unpaired) electrons. The number of thioether (sulfide) groups is 1. The fourth-order valence-electron chi connectivity index (χ4n) is 2.43. The molecule has 0 aromatic heterocycles. The monoisotopic (exact) mass is 352 g/mol. The van der Waals surface area contributed by atoms with Gasteiger partial charge < -0.3 is 14.8 Å². The topological polar surface area (TPSA) is 59.9 Å². The smallest absolute Gasteiger partial charge is 0.317 e. The van der Waals surface area contributed by atoms with Crippen LogP contribution in [-0.2, 0) is 14.3 Å². The number of hydrogen-bond acceptors (Lipinski definition) is 5. The van der Waals surface area contributed by atoms with Gasteiger partial charge in [0.15, 0.2) is 5.11 Å². The van der Waals surface area contributed by atoms with E-state index >= 15 is 0 Å². The van der Waals surface area contributed by atoms with Crippen LogP contribution in [0.3, 0.4) is 0 Å². The van der Waals surface area contributed by atoms with Crippen molar-refractivity contribution in [2.45, 2.75) is 17.9 Å². The van der Waals surface area contributed by atoms with Crippen molar-refractivity contribution in [3.8, 4) is 0 Å². The molecule has 0 amide bonds. The highest BCUT2D eigenvalue weighted by Crippen LogP contribution is 2.29. The number of rotatable bonds is 6.